The van der Waals surface area contributed by atoms with Crippen molar-refractivity contribution in [2.75, 3.05) is 0 Å². The molecule has 0 bridgehead atoms. The molecule has 0 aliphatic heterocycles. The maximum Gasteiger partial charge on any atom is 0.407 e. The fraction of sp³-hybridized carbons (Fsp3) is 0.286. The van der Waals surface area contributed by atoms with Crippen molar-refractivity contribution >= 4 is 23.2 Å². The first-order chi connectivity index (χ1) is 6.32. The Labute approximate surface area is 87.8 Å². The van der Waals surface area contributed by atoms with Crippen LogP contribution in [0.4, 0.5) is 13.2 Å². The number of pyridine rings is 1. The van der Waals surface area contributed by atoms with Crippen molar-refractivity contribution in [1.29, 1.82) is 0 Å². The second-order valence-corrected chi connectivity index (χ2v) is 3.28. The Morgan fingerprint density at radius 1 is 1.29 bits per heavy atom. The predicted octanol–water partition coefficient (Wildman–Crippen LogP) is 2.95. The minimum absolute atomic E-state index is 0.0214. The summed E-state index contributed by atoms with van der Waals surface area (Å²) in [4.78, 5) is 3.46. The minimum Gasteiger partial charge on any atom is -0.316 e. The van der Waals surface area contributed by atoms with Crippen molar-refractivity contribution in [3.05, 3.63) is 28.0 Å². The summed E-state index contributed by atoms with van der Waals surface area (Å²) in [5.41, 5.74) is 4.64. The molecule has 7 heteroatoms. The monoisotopic (exact) mass is 244 g/mol. The molecular formula is C7H5Cl2F3N2. The molecule has 0 amide bonds. The van der Waals surface area contributed by atoms with Gasteiger partial charge in [0.25, 0.3) is 0 Å². The Kier molecular flexibility index (Phi) is 3.24. The summed E-state index contributed by atoms with van der Waals surface area (Å²) < 4.78 is 36.5. The van der Waals surface area contributed by atoms with Crippen LogP contribution in [0.15, 0.2) is 12.1 Å². The average molecular weight is 245 g/mol. The quantitative estimate of drug-likeness (QED) is 0.772. The van der Waals surface area contributed by atoms with E-state index in [4.69, 9.17) is 28.9 Å². The lowest BCUT2D eigenvalue weighted by Gasteiger charge is -2.16. The molecule has 0 unspecified atom stereocenters. The van der Waals surface area contributed by atoms with Gasteiger partial charge in [-0.25, -0.2) is 4.98 Å². The van der Waals surface area contributed by atoms with Crippen molar-refractivity contribution in [3.8, 4) is 0 Å². The molecule has 1 aromatic rings. The lowest BCUT2D eigenvalue weighted by molar-refractivity contribution is -0.149. The van der Waals surface area contributed by atoms with Crippen LogP contribution < -0.4 is 5.73 Å². The molecule has 1 heterocycles. The Hall–Kier alpha value is -0.520. The van der Waals surface area contributed by atoms with E-state index in [1.54, 1.807) is 0 Å². The highest BCUT2D eigenvalue weighted by Crippen LogP contribution is 2.33. The predicted molar refractivity (Wildman–Crippen MR) is 47.2 cm³/mol. The molecule has 0 saturated heterocycles. The van der Waals surface area contributed by atoms with Crippen LogP contribution in [0.1, 0.15) is 11.6 Å². The van der Waals surface area contributed by atoms with Crippen molar-refractivity contribution < 1.29 is 13.2 Å². The number of nitrogens with two attached hydrogens (primary N) is 1. The molecule has 0 radical (unpaired) electrons. The van der Waals surface area contributed by atoms with Crippen LogP contribution in [0.5, 0.6) is 0 Å². The molecule has 0 saturated carbocycles. The number of rotatable bonds is 1. The summed E-state index contributed by atoms with van der Waals surface area (Å²) >= 11 is 10.9. The number of hydrogen-bond acceptors (Lipinski definition) is 2. The molecule has 1 rings (SSSR count). The maximum atomic E-state index is 12.2. The zero-order valence-corrected chi connectivity index (χ0v) is 8.16. The Morgan fingerprint density at radius 3 is 2.29 bits per heavy atom. The largest absolute Gasteiger partial charge is 0.407 e. The molecule has 78 valence electrons. The SMILES string of the molecule is N[C@@H](c1ccc(Cl)nc1Cl)C(F)(F)F. The summed E-state index contributed by atoms with van der Waals surface area (Å²) in [5.74, 6) is 0. The highest BCUT2D eigenvalue weighted by Gasteiger charge is 2.39. The van der Waals surface area contributed by atoms with Crippen molar-refractivity contribution in [2.24, 2.45) is 5.73 Å². The van der Waals surface area contributed by atoms with E-state index < -0.39 is 12.2 Å². The van der Waals surface area contributed by atoms with Gasteiger partial charge in [0, 0.05) is 5.56 Å². The fourth-order valence-electron chi connectivity index (χ4n) is 0.831. The van der Waals surface area contributed by atoms with E-state index in [-0.39, 0.29) is 15.9 Å². The van der Waals surface area contributed by atoms with E-state index in [1.807, 2.05) is 0 Å². The first-order valence-electron chi connectivity index (χ1n) is 3.46. The normalized spacial score (nSPS) is 14.1. The maximum absolute atomic E-state index is 12.2. The average Bonchev–Trinajstić information content (AvgIpc) is 2.01. The molecule has 14 heavy (non-hydrogen) atoms. The van der Waals surface area contributed by atoms with Gasteiger partial charge >= 0.3 is 6.18 Å². The molecule has 0 fully saturated rings. The number of nitrogens with zero attached hydrogens (tertiary/aromatic N) is 1. The lowest BCUT2D eigenvalue weighted by atomic mass is 10.1. The lowest BCUT2D eigenvalue weighted by Crippen LogP contribution is -2.28. The number of hydrogen-bond donors (Lipinski definition) is 1. The van der Waals surface area contributed by atoms with E-state index in [2.05, 4.69) is 4.98 Å². The van der Waals surface area contributed by atoms with Crippen LogP contribution in [-0.4, -0.2) is 11.2 Å². The number of aromatic nitrogens is 1. The standard InChI is InChI=1S/C7H5Cl2F3N2/c8-4-2-1-3(6(9)14-4)5(13)7(10,11)12/h1-2,5H,13H2/t5-/m0/s1. The van der Waals surface area contributed by atoms with Crippen LogP contribution in [0.25, 0.3) is 0 Å². The van der Waals surface area contributed by atoms with Crippen LogP contribution in [0.2, 0.25) is 10.3 Å². The third-order valence-electron chi connectivity index (χ3n) is 1.53. The molecule has 0 aliphatic rings. The minimum atomic E-state index is -4.54. The van der Waals surface area contributed by atoms with Gasteiger partial charge in [0.05, 0.1) is 0 Å². The van der Waals surface area contributed by atoms with E-state index in [1.165, 1.54) is 6.07 Å². The van der Waals surface area contributed by atoms with Gasteiger partial charge in [-0.05, 0) is 6.07 Å². The zero-order valence-electron chi connectivity index (χ0n) is 6.65. The number of alkyl halides is 3. The molecule has 2 N–H and O–H groups in total. The Balaban J connectivity index is 3.08. The molecule has 0 spiro atoms. The second kappa shape index (κ2) is 3.92. The third kappa shape index (κ3) is 2.50. The van der Waals surface area contributed by atoms with Crippen LogP contribution in [-0.2, 0) is 0 Å². The summed E-state index contributed by atoms with van der Waals surface area (Å²) in [7, 11) is 0. The van der Waals surface area contributed by atoms with Crippen molar-refractivity contribution in [2.45, 2.75) is 12.2 Å². The molecule has 1 aromatic heterocycles. The van der Waals surface area contributed by atoms with E-state index in [0.29, 0.717) is 0 Å². The highest BCUT2D eigenvalue weighted by molar-refractivity contribution is 6.32. The van der Waals surface area contributed by atoms with Crippen LogP contribution in [0, 0.1) is 0 Å². The van der Waals surface area contributed by atoms with E-state index >= 15 is 0 Å². The van der Waals surface area contributed by atoms with Crippen LogP contribution in [0.3, 0.4) is 0 Å². The molecule has 0 aliphatic carbocycles. The molecular weight excluding hydrogens is 240 g/mol. The van der Waals surface area contributed by atoms with Gasteiger partial charge in [-0.2, -0.15) is 13.2 Å². The summed E-state index contributed by atoms with van der Waals surface area (Å²) in [5, 5.41) is -0.310. The van der Waals surface area contributed by atoms with Crippen molar-refractivity contribution in [3.63, 3.8) is 0 Å². The van der Waals surface area contributed by atoms with Crippen molar-refractivity contribution in [1.82, 2.24) is 4.98 Å². The zero-order chi connectivity index (χ0) is 10.9. The molecule has 0 aromatic carbocycles. The van der Waals surface area contributed by atoms with Crippen LogP contribution >= 0.6 is 23.2 Å². The van der Waals surface area contributed by atoms with Gasteiger partial charge < -0.3 is 5.73 Å². The summed E-state index contributed by atoms with van der Waals surface area (Å²) in [6.07, 6.45) is -4.54. The van der Waals surface area contributed by atoms with E-state index in [9.17, 15) is 13.2 Å². The fourth-order valence-corrected chi connectivity index (χ4v) is 1.29. The van der Waals surface area contributed by atoms with Gasteiger partial charge in [-0.15, -0.1) is 0 Å². The summed E-state index contributed by atoms with van der Waals surface area (Å²) in [6.45, 7) is 0. The number of halogens is 5. The Bertz CT molecular complexity index is 340. The van der Waals surface area contributed by atoms with Gasteiger partial charge in [0.2, 0.25) is 0 Å². The second-order valence-electron chi connectivity index (χ2n) is 2.53. The van der Waals surface area contributed by atoms with Gasteiger partial charge in [0.1, 0.15) is 16.3 Å². The van der Waals surface area contributed by atoms with Gasteiger partial charge in [0.15, 0.2) is 0 Å². The highest BCUT2D eigenvalue weighted by atomic mass is 35.5. The van der Waals surface area contributed by atoms with E-state index in [0.717, 1.165) is 6.07 Å². The third-order valence-corrected chi connectivity index (χ3v) is 2.04. The van der Waals surface area contributed by atoms with Gasteiger partial charge in [-0.3, -0.25) is 0 Å². The first-order valence-corrected chi connectivity index (χ1v) is 4.22. The van der Waals surface area contributed by atoms with Gasteiger partial charge in [-0.1, -0.05) is 29.3 Å². The summed E-state index contributed by atoms with van der Waals surface area (Å²) in [6, 6.07) is 0.171. The molecule has 1 atom stereocenters. The Morgan fingerprint density at radius 2 is 1.86 bits per heavy atom. The molecule has 2 nitrogen and oxygen atoms in total. The topological polar surface area (TPSA) is 38.9 Å². The smallest absolute Gasteiger partial charge is 0.316 e. The first kappa shape index (κ1) is 11.6.